The molecule has 0 bridgehead atoms. The molecular weight excluding hydrogens is 406 g/mol. The first-order chi connectivity index (χ1) is 15.2. The van der Waals surface area contributed by atoms with Gasteiger partial charge in [-0.05, 0) is 61.2 Å². The minimum atomic E-state index is 0.618. The van der Waals surface area contributed by atoms with Crippen molar-refractivity contribution >= 4 is 17.4 Å². The maximum atomic E-state index is 6.08. The van der Waals surface area contributed by atoms with Crippen LogP contribution in [0.3, 0.4) is 0 Å². The van der Waals surface area contributed by atoms with Crippen LogP contribution in [0, 0.1) is 0 Å². The average molecular weight is 434 g/mol. The van der Waals surface area contributed by atoms with Crippen LogP contribution in [0.2, 0.25) is 5.02 Å². The molecule has 2 aromatic carbocycles. The number of fused-ring (bicyclic) bond motifs is 1. The van der Waals surface area contributed by atoms with Crippen LogP contribution in [-0.2, 0) is 19.5 Å². The van der Waals surface area contributed by atoms with E-state index in [1.54, 1.807) is 6.33 Å². The molecule has 160 valence electrons. The number of hydrogen-bond donors (Lipinski definition) is 1. The molecule has 31 heavy (non-hydrogen) atoms. The molecule has 1 aromatic heterocycles. The van der Waals surface area contributed by atoms with Crippen molar-refractivity contribution in [3.05, 3.63) is 76.7 Å². The number of nitrogen functional groups attached to an aromatic ring is 1. The van der Waals surface area contributed by atoms with Crippen LogP contribution in [0.4, 0.5) is 5.82 Å². The normalized spacial score (nSPS) is 18.1. The average Bonchev–Trinajstić information content (AvgIpc) is 2.81. The maximum absolute atomic E-state index is 6.08. The second-order valence-electron chi connectivity index (χ2n) is 8.58. The molecule has 0 saturated carbocycles. The summed E-state index contributed by atoms with van der Waals surface area (Å²) in [6.45, 7) is 5.17. The van der Waals surface area contributed by atoms with Gasteiger partial charge >= 0.3 is 0 Å². The highest BCUT2D eigenvalue weighted by atomic mass is 35.5. The number of benzene rings is 2. The summed E-state index contributed by atoms with van der Waals surface area (Å²) in [6.07, 6.45) is 4.94. The van der Waals surface area contributed by atoms with Crippen molar-refractivity contribution in [1.82, 2.24) is 19.8 Å². The Labute approximate surface area is 188 Å². The summed E-state index contributed by atoms with van der Waals surface area (Å²) in [5, 5.41) is 0.776. The lowest BCUT2D eigenvalue weighted by Gasteiger charge is -2.40. The van der Waals surface area contributed by atoms with Crippen molar-refractivity contribution in [2.45, 2.75) is 38.4 Å². The zero-order chi connectivity index (χ0) is 21.2. The van der Waals surface area contributed by atoms with Crippen LogP contribution in [0.25, 0.3) is 11.1 Å². The quantitative estimate of drug-likeness (QED) is 0.660. The molecule has 2 aliphatic heterocycles. The zero-order valence-corrected chi connectivity index (χ0v) is 18.4. The topological polar surface area (TPSA) is 58.3 Å². The maximum Gasteiger partial charge on any atom is 0.130 e. The first-order valence-electron chi connectivity index (χ1n) is 11.1. The predicted molar refractivity (Wildman–Crippen MR) is 126 cm³/mol. The fourth-order valence-corrected chi connectivity index (χ4v) is 5.09. The van der Waals surface area contributed by atoms with Crippen LogP contribution in [-0.4, -0.2) is 45.4 Å². The van der Waals surface area contributed by atoms with Crippen molar-refractivity contribution in [2.24, 2.45) is 0 Å². The van der Waals surface area contributed by atoms with E-state index in [-0.39, 0.29) is 0 Å². The van der Waals surface area contributed by atoms with E-state index in [1.807, 2.05) is 12.1 Å². The number of aromatic nitrogens is 2. The van der Waals surface area contributed by atoms with Gasteiger partial charge in [-0.15, -0.1) is 0 Å². The summed E-state index contributed by atoms with van der Waals surface area (Å²) >= 11 is 6.08. The third-order valence-corrected chi connectivity index (χ3v) is 6.96. The van der Waals surface area contributed by atoms with Crippen LogP contribution in [0.5, 0.6) is 0 Å². The third-order valence-electron chi connectivity index (χ3n) is 6.71. The molecule has 1 fully saturated rings. The molecular formula is C25H28ClN5. The van der Waals surface area contributed by atoms with Gasteiger partial charge in [-0.2, -0.15) is 0 Å². The number of nitrogens with two attached hydrogens (primary N) is 1. The van der Waals surface area contributed by atoms with Gasteiger partial charge in [0.15, 0.2) is 0 Å². The van der Waals surface area contributed by atoms with E-state index in [2.05, 4.69) is 56.2 Å². The predicted octanol–water partition coefficient (Wildman–Crippen LogP) is 4.40. The molecule has 1 saturated heterocycles. The molecule has 2 N–H and O–H groups in total. The van der Waals surface area contributed by atoms with Gasteiger partial charge in [0.2, 0.25) is 0 Å². The van der Waals surface area contributed by atoms with Gasteiger partial charge in [0.05, 0.1) is 5.69 Å². The number of anilines is 1. The monoisotopic (exact) mass is 433 g/mol. The summed E-state index contributed by atoms with van der Waals surface area (Å²) in [7, 11) is 0. The van der Waals surface area contributed by atoms with Crippen LogP contribution >= 0.6 is 11.6 Å². The molecule has 0 radical (unpaired) electrons. The second-order valence-corrected chi connectivity index (χ2v) is 9.01. The highest BCUT2D eigenvalue weighted by Crippen LogP contribution is 2.29. The van der Waals surface area contributed by atoms with E-state index in [4.69, 9.17) is 17.3 Å². The fraction of sp³-hybridized carbons (Fsp3) is 0.360. The molecule has 3 heterocycles. The number of hydrogen-bond acceptors (Lipinski definition) is 5. The molecule has 0 amide bonds. The number of piperidine rings is 1. The number of likely N-dealkylation sites (tertiary alicyclic amines) is 1. The minimum absolute atomic E-state index is 0.618. The summed E-state index contributed by atoms with van der Waals surface area (Å²) in [5.41, 5.74) is 12.2. The van der Waals surface area contributed by atoms with Gasteiger partial charge in [0.25, 0.3) is 0 Å². The van der Waals surface area contributed by atoms with Crippen LogP contribution in [0.1, 0.15) is 29.7 Å². The van der Waals surface area contributed by atoms with Gasteiger partial charge < -0.3 is 5.73 Å². The Hall–Kier alpha value is -2.47. The van der Waals surface area contributed by atoms with Crippen LogP contribution < -0.4 is 5.73 Å². The smallest absolute Gasteiger partial charge is 0.130 e. The Balaban J connectivity index is 1.22. The summed E-state index contributed by atoms with van der Waals surface area (Å²) < 4.78 is 0. The van der Waals surface area contributed by atoms with Crippen LogP contribution in [0.15, 0.2) is 54.9 Å². The van der Waals surface area contributed by atoms with E-state index in [1.165, 1.54) is 29.5 Å². The molecule has 0 spiro atoms. The first kappa shape index (κ1) is 20.4. The SMILES string of the molecule is Nc1ncnc2c1CCN(C1CCN(Cc3ccccc3-c3ccc(Cl)cc3)CC1)C2. The largest absolute Gasteiger partial charge is 0.383 e. The number of rotatable bonds is 4. The fourth-order valence-electron chi connectivity index (χ4n) is 4.96. The Bertz CT molecular complexity index is 1040. The Morgan fingerprint density at radius 3 is 2.55 bits per heavy atom. The second kappa shape index (κ2) is 8.95. The molecule has 3 aromatic rings. The lowest BCUT2D eigenvalue weighted by molar-refractivity contribution is 0.0937. The van der Waals surface area contributed by atoms with Gasteiger partial charge in [0, 0.05) is 36.3 Å². The molecule has 2 aliphatic rings. The summed E-state index contributed by atoms with van der Waals surface area (Å²) in [6, 6.07) is 17.5. The highest BCUT2D eigenvalue weighted by molar-refractivity contribution is 6.30. The van der Waals surface area contributed by atoms with E-state index in [9.17, 15) is 0 Å². The number of halogens is 1. The van der Waals surface area contributed by atoms with E-state index in [0.29, 0.717) is 11.9 Å². The molecule has 5 rings (SSSR count). The van der Waals surface area contributed by atoms with Gasteiger partial charge in [-0.25, -0.2) is 9.97 Å². The summed E-state index contributed by atoms with van der Waals surface area (Å²) in [4.78, 5) is 13.8. The van der Waals surface area contributed by atoms with E-state index >= 15 is 0 Å². The zero-order valence-electron chi connectivity index (χ0n) is 17.7. The number of nitrogens with zero attached hydrogens (tertiary/aromatic N) is 4. The van der Waals surface area contributed by atoms with Gasteiger partial charge in [0.1, 0.15) is 12.1 Å². The van der Waals surface area contributed by atoms with E-state index in [0.717, 1.165) is 55.4 Å². The minimum Gasteiger partial charge on any atom is -0.383 e. The van der Waals surface area contributed by atoms with E-state index < -0.39 is 0 Å². The van der Waals surface area contributed by atoms with Crippen molar-refractivity contribution in [1.29, 1.82) is 0 Å². The lowest BCUT2D eigenvalue weighted by Crippen LogP contribution is -2.46. The van der Waals surface area contributed by atoms with Crippen molar-refractivity contribution in [3.8, 4) is 11.1 Å². The molecule has 0 unspecified atom stereocenters. The molecule has 5 nitrogen and oxygen atoms in total. The van der Waals surface area contributed by atoms with Crippen molar-refractivity contribution < 1.29 is 0 Å². The Kier molecular flexibility index (Phi) is 5.90. The summed E-state index contributed by atoms with van der Waals surface area (Å²) in [5.74, 6) is 0.652. The van der Waals surface area contributed by atoms with Gasteiger partial charge in [-0.3, -0.25) is 9.80 Å². The molecule has 0 atom stereocenters. The highest BCUT2D eigenvalue weighted by Gasteiger charge is 2.29. The van der Waals surface area contributed by atoms with Crippen molar-refractivity contribution in [3.63, 3.8) is 0 Å². The molecule has 6 heteroatoms. The first-order valence-corrected chi connectivity index (χ1v) is 11.4. The van der Waals surface area contributed by atoms with Gasteiger partial charge in [-0.1, -0.05) is 48.0 Å². The molecule has 0 aliphatic carbocycles. The third kappa shape index (κ3) is 4.45. The standard InChI is InChI=1S/C25H28ClN5/c26-20-7-5-18(6-8-20)22-4-2-1-3-19(22)15-30-12-9-21(10-13-30)31-14-11-23-24(16-31)28-17-29-25(23)27/h1-8,17,21H,9-16H2,(H2,27,28,29). The Morgan fingerprint density at radius 1 is 0.968 bits per heavy atom. The lowest BCUT2D eigenvalue weighted by atomic mass is 9.96. The Morgan fingerprint density at radius 2 is 1.74 bits per heavy atom. The van der Waals surface area contributed by atoms with Crippen molar-refractivity contribution in [2.75, 3.05) is 25.4 Å².